The molecule has 2 rings (SSSR count). The topological polar surface area (TPSA) is 55.8 Å². The summed E-state index contributed by atoms with van der Waals surface area (Å²) in [5, 5.41) is 9.69. The maximum absolute atomic E-state index is 11.3. The second-order valence-electron chi connectivity index (χ2n) is 3.91. The Morgan fingerprint density at radius 1 is 1.59 bits per heavy atom. The Balaban J connectivity index is 2.15. The van der Waals surface area contributed by atoms with Crippen molar-refractivity contribution in [2.75, 3.05) is 7.11 Å². The average molecular weight is 232 g/mol. The van der Waals surface area contributed by atoms with E-state index < -0.39 is 13.1 Å². The van der Waals surface area contributed by atoms with Crippen molar-refractivity contribution in [1.82, 2.24) is 0 Å². The lowest BCUT2D eigenvalue weighted by atomic mass is 9.79. The molecule has 0 aliphatic carbocycles. The summed E-state index contributed by atoms with van der Waals surface area (Å²) in [6.45, 7) is 3.65. The molecule has 0 bridgehead atoms. The minimum absolute atomic E-state index is 0.320. The van der Waals surface area contributed by atoms with Gasteiger partial charge in [-0.25, -0.2) is 4.79 Å². The van der Waals surface area contributed by atoms with Crippen molar-refractivity contribution in [2.45, 2.75) is 12.5 Å². The Labute approximate surface area is 100 Å². The van der Waals surface area contributed by atoms with Crippen LogP contribution in [0.25, 0.3) is 0 Å². The molecule has 1 aliphatic heterocycles. The Morgan fingerprint density at radius 3 is 3.00 bits per heavy atom. The van der Waals surface area contributed by atoms with Gasteiger partial charge in [0, 0.05) is 12.0 Å². The molecule has 0 fully saturated rings. The fraction of sp³-hybridized carbons (Fsp3) is 0.250. The molecule has 17 heavy (non-hydrogen) atoms. The molecule has 0 saturated carbocycles. The second-order valence-corrected chi connectivity index (χ2v) is 3.91. The molecule has 0 aromatic heterocycles. The zero-order valence-electron chi connectivity index (χ0n) is 9.55. The predicted octanol–water partition coefficient (Wildman–Crippen LogP) is 0.565. The van der Waals surface area contributed by atoms with E-state index in [-0.39, 0.29) is 6.10 Å². The van der Waals surface area contributed by atoms with Crippen LogP contribution in [0.3, 0.4) is 0 Å². The van der Waals surface area contributed by atoms with Crippen LogP contribution in [0, 0.1) is 0 Å². The van der Waals surface area contributed by atoms with Gasteiger partial charge in [-0.2, -0.15) is 0 Å². The number of benzene rings is 1. The van der Waals surface area contributed by atoms with Crippen molar-refractivity contribution >= 4 is 18.6 Å². The van der Waals surface area contributed by atoms with Crippen molar-refractivity contribution in [1.29, 1.82) is 0 Å². The third kappa shape index (κ3) is 2.25. The highest BCUT2D eigenvalue weighted by molar-refractivity contribution is 6.61. The normalized spacial score (nSPS) is 17.8. The first-order chi connectivity index (χ1) is 8.13. The van der Waals surface area contributed by atoms with Gasteiger partial charge in [0.25, 0.3) is 0 Å². The van der Waals surface area contributed by atoms with Crippen LogP contribution in [-0.2, 0) is 14.2 Å². The summed E-state index contributed by atoms with van der Waals surface area (Å²) in [6, 6.07) is 7.39. The first-order valence-electron chi connectivity index (χ1n) is 5.32. The van der Waals surface area contributed by atoms with Gasteiger partial charge in [-0.1, -0.05) is 30.8 Å². The van der Waals surface area contributed by atoms with Gasteiger partial charge in [0.05, 0.1) is 13.2 Å². The van der Waals surface area contributed by atoms with Gasteiger partial charge in [0.2, 0.25) is 0 Å². The van der Waals surface area contributed by atoms with Crippen LogP contribution in [-0.4, -0.2) is 25.2 Å². The zero-order chi connectivity index (χ0) is 12.4. The van der Waals surface area contributed by atoms with Gasteiger partial charge in [-0.05, 0) is 11.0 Å². The Hall–Kier alpha value is -1.59. The van der Waals surface area contributed by atoms with Crippen LogP contribution in [0.5, 0.6) is 0 Å². The summed E-state index contributed by atoms with van der Waals surface area (Å²) < 4.78 is 9.96. The van der Waals surface area contributed by atoms with Gasteiger partial charge in [0.1, 0.15) is 0 Å². The lowest BCUT2D eigenvalue weighted by Gasteiger charge is -2.12. The standard InChI is InChI=1S/C12H13BO4/c1-8(12(14)16-2)7-11-9-5-3-4-6-10(9)13(15)17-11/h3-6,11,15H,1,7H2,2H3. The maximum Gasteiger partial charge on any atom is 0.491 e. The van der Waals surface area contributed by atoms with Crippen LogP contribution >= 0.6 is 0 Å². The molecule has 1 heterocycles. The van der Waals surface area contributed by atoms with E-state index in [1.807, 2.05) is 18.2 Å². The molecule has 0 saturated heterocycles. The Bertz CT molecular complexity index is 458. The third-order valence-electron chi connectivity index (χ3n) is 2.81. The van der Waals surface area contributed by atoms with Crippen LogP contribution < -0.4 is 5.46 Å². The summed E-state index contributed by atoms with van der Waals surface area (Å²) >= 11 is 0. The number of fused-ring (bicyclic) bond motifs is 1. The van der Waals surface area contributed by atoms with Crippen molar-refractivity contribution in [3.8, 4) is 0 Å². The summed E-state index contributed by atoms with van der Waals surface area (Å²) in [4.78, 5) is 11.3. The van der Waals surface area contributed by atoms with E-state index >= 15 is 0 Å². The Morgan fingerprint density at radius 2 is 2.29 bits per heavy atom. The van der Waals surface area contributed by atoms with Crippen LogP contribution in [0.1, 0.15) is 18.1 Å². The Kier molecular flexibility index (Phi) is 3.31. The van der Waals surface area contributed by atoms with Gasteiger partial charge in [0.15, 0.2) is 0 Å². The van der Waals surface area contributed by atoms with Crippen molar-refractivity contribution in [3.05, 3.63) is 42.0 Å². The third-order valence-corrected chi connectivity index (χ3v) is 2.81. The van der Waals surface area contributed by atoms with Crippen LogP contribution in [0.15, 0.2) is 36.4 Å². The quantitative estimate of drug-likeness (QED) is 0.470. The largest absolute Gasteiger partial charge is 0.491 e. The van der Waals surface area contributed by atoms with Gasteiger partial charge >= 0.3 is 13.1 Å². The number of esters is 1. The van der Waals surface area contributed by atoms with E-state index in [1.165, 1.54) is 7.11 Å². The van der Waals surface area contributed by atoms with E-state index in [1.54, 1.807) is 6.07 Å². The number of rotatable bonds is 3. The lowest BCUT2D eigenvalue weighted by molar-refractivity contribution is -0.136. The molecule has 1 atom stereocenters. The number of methoxy groups -OCH3 is 1. The molecule has 4 nitrogen and oxygen atoms in total. The maximum atomic E-state index is 11.3. The van der Waals surface area contributed by atoms with Crippen molar-refractivity contribution in [3.63, 3.8) is 0 Å². The first kappa shape index (κ1) is 11.9. The molecule has 1 aliphatic rings. The highest BCUT2D eigenvalue weighted by Crippen LogP contribution is 2.29. The molecule has 88 valence electrons. The van der Waals surface area contributed by atoms with E-state index in [2.05, 4.69) is 11.3 Å². The molecule has 1 aromatic carbocycles. The summed E-state index contributed by atoms with van der Waals surface area (Å²) in [6.07, 6.45) is -0.0198. The minimum Gasteiger partial charge on any atom is -0.466 e. The molecular formula is C12H13BO4. The number of carbonyl (C=O) groups is 1. The van der Waals surface area contributed by atoms with Crippen LogP contribution in [0.2, 0.25) is 0 Å². The summed E-state index contributed by atoms with van der Waals surface area (Å²) in [5.41, 5.74) is 1.97. The number of carbonyl (C=O) groups excluding carboxylic acids is 1. The van der Waals surface area contributed by atoms with Gasteiger partial charge in [-0.15, -0.1) is 0 Å². The highest BCUT2D eigenvalue weighted by atomic mass is 16.5. The SMILES string of the molecule is C=C(CC1OB(O)c2ccccc21)C(=O)OC. The molecular weight excluding hydrogens is 219 g/mol. The van der Waals surface area contributed by atoms with Crippen molar-refractivity contribution in [2.24, 2.45) is 0 Å². The smallest absolute Gasteiger partial charge is 0.466 e. The summed E-state index contributed by atoms with van der Waals surface area (Å²) in [5.74, 6) is -0.451. The fourth-order valence-corrected chi connectivity index (χ4v) is 1.94. The van der Waals surface area contributed by atoms with Crippen molar-refractivity contribution < 1.29 is 19.2 Å². The fourth-order valence-electron chi connectivity index (χ4n) is 1.94. The van der Waals surface area contributed by atoms with E-state index in [9.17, 15) is 9.82 Å². The highest BCUT2D eigenvalue weighted by Gasteiger charge is 2.35. The predicted molar refractivity (Wildman–Crippen MR) is 63.6 cm³/mol. The monoisotopic (exact) mass is 232 g/mol. The zero-order valence-corrected chi connectivity index (χ0v) is 9.55. The first-order valence-corrected chi connectivity index (χ1v) is 5.32. The number of hydrogen-bond donors (Lipinski definition) is 1. The molecule has 1 unspecified atom stereocenters. The molecule has 1 N–H and O–H groups in total. The van der Waals surface area contributed by atoms with E-state index in [0.717, 1.165) is 11.0 Å². The molecule has 0 amide bonds. The number of hydrogen-bond acceptors (Lipinski definition) is 4. The molecule has 0 spiro atoms. The molecule has 0 radical (unpaired) electrons. The van der Waals surface area contributed by atoms with Gasteiger partial charge < -0.3 is 14.4 Å². The second kappa shape index (κ2) is 4.73. The van der Waals surface area contributed by atoms with Gasteiger partial charge in [-0.3, -0.25) is 0 Å². The van der Waals surface area contributed by atoms with Crippen LogP contribution in [0.4, 0.5) is 0 Å². The lowest BCUT2D eigenvalue weighted by Crippen LogP contribution is -2.27. The van der Waals surface area contributed by atoms with E-state index in [0.29, 0.717) is 12.0 Å². The molecule has 1 aromatic rings. The number of ether oxygens (including phenoxy) is 1. The molecule has 5 heteroatoms. The summed E-state index contributed by atoms with van der Waals surface area (Å²) in [7, 11) is 0.382. The minimum atomic E-state index is -0.929. The average Bonchev–Trinajstić information content (AvgIpc) is 2.66. The van der Waals surface area contributed by atoms with E-state index in [4.69, 9.17) is 4.65 Å².